The van der Waals surface area contributed by atoms with Crippen LogP contribution in [0.1, 0.15) is 6.92 Å². The Morgan fingerprint density at radius 3 is 3.07 bits per heavy atom. The number of β-amino-alcohol motifs (C(OH)–C–C–N with tert-alkyl or cyclic N) is 1. The second-order valence-electron chi connectivity index (χ2n) is 4.10. The van der Waals surface area contributed by atoms with Gasteiger partial charge < -0.3 is 10.0 Å². The van der Waals surface area contributed by atoms with Gasteiger partial charge in [-0.2, -0.15) is 0 Å². The van der Waals surface area contributed by atoms with Crippen LogP contribution in [-0.4, -0.2) is 46.6 Å². The zero-order valence-corrected chi connectivity index (χ0v) is 8.64. The number of aliphatic imine (C=N–C) groups is 1. The number of rotatable bonds is 0. The van der Waals surface area contributed by atoms with Crippen molar-refractivity contribution in [3.63, 3.8) is 0 Å². The maximum absolute atomic E-state index is 9.27. The average Bonchev–Trinajstić information content (AvgIpc) is 2.59. The summed E-state index contributed by atoms with van der Waals surface area (Å²) < 4.78 is 0. The van der Waals surface area contributed by atoms with Crippen molar-refractivity contribution in [1.82, 2.24) is 15.3 Å². The smallest absolute Gasteiger partial charge is 0.146 e. The lowest BCUT2D eigenvalue weighted by Gasteiger charge is -2.40. The first-order valence-corrected chi connectivity index (χ1v) is 5.17. The summed E-state index contributed by atoms with van der Waals surface area (Å²) in [5, 5.41) is 11.2. The number of nitrogens with one attached hydrogen (secondary N) is 1. The normalized spacial score (nSPS) is 25.6. The van der Waals surface area contributed by atoms with Crippen LogP contribution in [0, 0.1) is 0 Å². The van der Waals surface area contributed by atoms with Gasteiger partial charge in [0.2, 0.25) is 0 Å². The van der Waals surface area contributed by atoms with E-state index >= 15 is 0 Å². The summed E-state index contributed by atoms with van der Waals surface area (Å²) in [6.07, 6.45) is 3.92. The third-order valence-electron chi connectivity index (χ3n) is 2.85. The molecule has 0 bridgehead atoms. The van der Waals surface area contributed by atoms with Gasteiger partial charge in [0, 0.05) is 31.4 Å². The summed E-state index contributed by atoms with van der Waals surface area (Å²) in [6, 6.07) is 0. The Kier molecular flexibility index (Phi) is 1.83. The van der Waals surface area contributed by atoms with Crippen LogP contribution in [0.4, 0.5) is 0 Å². The molecule has 5 nitrogen and oxygen atoms in total. The third-order valence-corrected chi connectivity index (χ3v) is 2.85. The van der Waals surface area contributed by atoms with Crippen LogP contribution in [0.25, 0.3) is 0 Å². The standard InChI is InChI=1S/C10H14N4O/c1-7-4-14-9(2-3-11-14)12-10(7)13-5-8(15)6-13/h2,4,8,11,15H,3,5-6H2,1H3. The van der Waals surface area contributed by atoms with Crippen LogP contribution in [0.2, 0.25) is 0 Å². The van der Waals surface area contributed by atoms with E-state index in [0.717, 1.165) is 23.8 Å². The minimum absolute atomic E-state index is 0.186. The molecular formula is C10H14N4O. The predicted octanol–water partition coefficient (Wildman–Crippen LogP) is -0.360. The molecule has 3 rings (SSSR count). The Balaban J connectivity index is 1.85. The Bertz CT molecular complexity index is 379. The first-order chi connectivity index (χ1) is 7.24. The van der Waals surface area contributed by atoms with Crippen LogP contribution in [-0.2, 0) is 0 Å². The van der Waals surface area contributed by atoms with Crippen molar-refractivity contribution in [2.24, 2.45) is 4.99 Å². The molecule has 5 heteroatoms. The molecule has 0 radical (unpaired) electrons. The summed E-state index contributed by atoms with van der Waals surface area (Å²) in [4.78, 5) is 6.67. The molecule has 0 unspecified atom stereocenters. The van der Waals surface area contributed by atoms with E-state index in [9.17, 15) is 5.11 Å². The van der Waals surface area contributed by atoms with E-state index in [1.54, 1.807) is 0 Å². The number of likely N-dealkylation sites (tertiary alicyclic amines) is 1. The Hall–Kier alpha value is -1.33. The number of nitrogens with zero attached hydrogens (tertiary/aromatic N) is 3. The fraction of sp³-hybridized carbons (Fsp3) is 0.500. The maximum Gasteiger partial charge on any atom is 0.146 e. The highest BCUT2D eigenvalue weighted by molar-refractivity contribution is 5.99. The lowest BCUT2D eigenvalue weighted by molar-refractivity contribution is 0.0465. The number of aliphatic hydroxyl groups excluding tert-OH is 1. The monoisotopic (exact) mass is 206 g/mol. The summed E-state index contributed by atoms with van der Waals surface area (Å²) in [6.45, 7) is 4.27. The van der Waals surface area contributed by atoms with Crippen LogP contribution in [0.5, 0.6) is 0 Å². The fourth-order valence-corrected chi connectivity index (χ4v) is 2.02. The van der Waals surface area contributed by atoms with Crippen LogP contribution in [0.3, 0.4) is 0 Å². The molecule has 3 aliphatic heterocycles. The topological polar surface area (TPSA) is 51.1 Å². The highest BCUT2D eigenvalue weighted by atomic mass is 16.3. The summed E-state index contributed by atoms with van der Waals surface area (Å²) in [5.41, 5.74) is 4.32. The molecule has 3 heterocycles. The molecule has 2 N–H and O–H groups in total. The SMILES string of the molecule is CC1=CN2NCC=C2N=C1N1CC(O)C1. The van der Waals surface area contributed by atoms with Gasteiger partial charge in [0.1, 0.15) is 11.7 Å². The van der Waals surface area contributed by atoms with Gasteiger partial charge in [-0.1, -0.05) is 0 Å². The molecule has 0 atom stereocenters. The lowest BCUT2D eigenvalue weighted by Crippen LogP contribution is -2.54. The summed E-state index contributed by atoms with van der Waals surface area (Å²) >= 11 is 0. The molecule has 0 aliphatic carbocycles. The maximum atomic E-state index is 9.27. The molecular weight excluding hydrogens is 192 g/mol. The third kappa shape index (κ3) is 1.35. The van der Waals surface area contributed by atoms with E-state index in [1.165, 1.54) is 0 Å². The average molecular weight is 206 g/mol. The highest BCUT2D eigenvalue weighted by Crippen LogP contribution is 2.22. The zero-order valence-electron chi connectivity index (χ0n) is 8.64. The number of hydrogen-bond donors (Lipinski definition) is 2. The second kappa shape index (κ2) is 3.08. The number of hydrazine groups is 1. The first-order valence-electron chi connectivity index (χ1n) is 5.17. The van der Waals surface area contributed by atoms with E-state index in [4.69, 9.17) is 0 Å². The van der Waals surface area contributed by atoms with Gasteiger partial charge in [-0.25, -0.2) is 10.4 Å². The van der Waals surface area contributed by atoms with Gasteiger partial charge in [-0.15, -0.1) is 0 Å². The van der Waals surface area contributed by atoms with Crippen LogP contribution >= 0.6 is 0 Å². The van der Waals surface area contributed by atoms with E-state index in [0.29, 0.717) is 13.1 Å². The van der Waals surface area contributed by atoms with Gasteiger partial charge >= 0.3 is 0 Å². The summed E-state index contributed by atoms with van der Waals surface area (Å²) in [5.74, 6) is 1.95. The van der Waals surface area contributed by atoms with Crippen molar-refractivity contribution in [3.8, 4) is 0 Å². The largest absolute Gasteiger partial charge is 0.389 e. The van der Waals surface area contributed by atoms with Crippen molar-refractivity contribution >= 4 is 5.84 Å². The van der Waals surface area contributed by atoms with Gasteiger partial charge in [-0.3, -0.25) is 5.01 Å². The molecule has 1 fully saturated rings. The molecule has 3 aliphatic rings. The van der Waals surface area contributed by atoms with Crippen molar-refractivity contribution in [1.29, 1.82) is 0 Å². The van der Waals surface area contributed by atoms with Gasteiger partial charge in [0.05, 0.1) is 6.10 Å². The highest BCUT2D eigenvalue weighted by Gasteiger charge is 2.30. The van der Waals surface area contributed by atoms with E-state index in [2.05, 4.69) is 21.4 Å². The van der Waals surface area contributed by atoms with Gasteiger partial charge in [0.15, 0.2) is 0 Å². The minimum atomic E-state index is -0.186. The van der Waals surface area contributed by atoms with Crippen molar-refractivity contribution < 1.29 is 5.11 Å². The van der Waals surface area contributed by atoms with E-state index < -0.39 is 0 Å². The molecule has 0 amide bonds. The van der Waals surface area contributed by atoms with Crippen LogP contribution in [0.15, 0.2) is 28.7 Å². The molecule has 0 spiro atoms. The number of hydrogen-bond acceptors (Lipinski definition) is 5. The number of amidine groups is 1. The number of fused-ring (bicyclic) bond motifs is 1. The van der Waals surface area contributed by atoms with Crippen molar-refractivity contribution in [3.05, 3.63) is 23.7 Å². The van der Waals surface area contributed by atoms with Crippen molar-refractivity contribution in [2.45, 2.75) is 13.0 Å². The molecule has 0 aromatic carbocycles. The Morgan fingerprint density at radius 1 is 1.53 bits per heavy atom. The quantitative estimate of drug-likeness (QED) is 0.568. The second-order valence-corrected chi connectivity index (χ2v) is 4.10. The van der Waals surface area contributed by atoms with Crippen molar-refractivity contribution in [2.75, 3.05) is 19.6 Å². The Labute approximate surface area is 88.4 Å². The predicted molar refractivity (Wildman–Crippen MR) is 56.7 cm³/mol. The minimum Gasteiger partial charge on any atom is -0.389 e. The van der Waals surface area contributed by atoms with Gasteiger partial charge in [-0.05, 0) is 13.0 Å². The zero-order chi connectivity index (χ0) is 10.4. The lowest BCUT2D eigenvalue weighted by atomic mass is 10.1. The molecule has 1 saturated heterocycles. The van der Waals surface area contributed by atoms with E-state index in [-0.39, 0.29) is 6.10 Å². The molecule has 0 aromatic heterocycles. The van der Waals surface area contributed by atoms with Gasteiger partial charge in [0.25, 0.3) is 0 Å². The van der Waals surface area contributed by atoms with Crippen LogP contribution < -0.4 is 5.43 Å². The van der Waals surface area contributed by atoms with E-state index in [1.807, 2.05) is 18.1 Å². The first kappa shape index (κ1) is 8.94. The summed E-state index contributed by atoms with van der Waals surface area (Å²) in [7, 11) is 0. The molecule has 80 valence electrons. The Morgan fingerprint density at radius 2 is 2.33 bits per heavy atom. The number of aliphatic hydroxyl groups is 1. The molecule has 0 aromatic rings. The fourth-order valence-electron chi connectivity index (χ4n) is 2.02. The molecule has 0 saturated carbocycles. The molecule has 15 heavy (non-hydrogen) atoms.